The number of aromatic nitrogens is 1. The molecule has 96 valence electrons. The van der Waals surface area contributed by atoms with Crippen molar-refractivity contribution >= 4 is 28.6 Å². The van der Waals surface area contributed by atoms with E-state index >= 15 is 0 Å². The molecule has 0 spiro atoms. The number of alkyl halides is 1. The molecule has 18 heavy (non-hydrogen) atoms. The van der Waals surface area contributed by atoms with E-state index in [4.69, 9.17) is 11.6 Å². The van der Waals surface area contributed by atoms with Gasteiger partial charge in [0.25, 0.3) is 0 Å². The Morgan fingerprint density at radius 1 is 1.44 bits per heavy atom. The van der Waals surface area contributed by atoms with Crippen LogP contribution in [0, 0.1) is 12.7 Å². The molecule has 0 radical (unpaired) electrons. The maximum absolute atomic E-state index is 13.9. The number of anilines is 1. The minimum Gasteiger partial charge on any atom is -0.366 e. The van der Waals surface area contributed by atoms with Crippen LogP contribution in [0.3, 0.4) is 0 Å². The van der Waals surface area contributed by atoms with Gasteiger partial charge in [-0.1, -0.05) is 12.1 Å². The first-order valence-corrected chi connectivity index (χ1v) is 6.98. The largest absolute Gasteiger partial charge is 0.366 e. The monoisotopic (exact) mass is 284 g/mol. The molecule has 0 saturated carbocycles. The maximum Gasteiger partial charge on any atom is 0.146 e. The van der Waals surface area contributed by atoms with Crippen molar-refractivity contribution < 1.29 is 4.39 Å². The van der Waals surface area contributed by atoms with Crippen LogP contribution in [0.4, 0.5) is 10.1 Å². The lowest BCUT2D eigenvalue weighted by Gasteiger charge is -2.21. The van der Waals surface area contributed by atoms with Gasteiger partial charge in [0.15, 0.2) is 0 Å². The van der Waals surface area contributed by atoms with Crippen molar-refractivity contribution in [2.75, 3.05) is 11.9 Å². The first kappa shape index (κ1) is 13.3. The Bertz CT molecular complexity index is 542. The number of halogens is 2. The number of rotatable bonds is 4. The van der Waals surface area contributed by atoms with Crippen molar-refractivity contribution in [2.45, 2.75) is 19.3 Å². The van der Waals surface area contributed by atoms with Gasteiger partial charge in [0.1, 0.15) is 5.82 Å². The average molecular weight is 285 g/mol. The van der Waals surface area contributed by atoms with E-state index in [1.807, 2.05) is 30.3 Å². The van der Waals surface area contributed by atoms with Gasteiger partial charge in [-0.2, -0.15) is 0 Å². The van der Waals surface area contributed by atoms with Crippen molar-refractivity contribution in [3.05, 3.63) is 45.7 Å². The molecular weight excluding hydrogens is 271 g/mol. The number of nitrogens with zero attached hydrogens (tertiary/aromatic N) is 2. The summed E-state index contributed by atoms with van der Waals surface area (Å²) in [6.07, 6.45) is 0. The number of hydrogen-bond donors (Lipinski definition) is 0. The minimum atomic E-state index is -0.248. The number of hydrogen-bond acceptors (Lipinski definition) is 3. The summed E-state index contributed by atoms with van der Waals surface area (Å²) >= 11 is 7.45. The predicted molar refractivity (Wildman–Crippen MR) is 74.9 cm³/mol. The topological polar surface area (TPSA) is 16.1 Å². The summed E-state index contributed by atoms with van der Waals surface area (Å²) in [5.74, 6) is 0.0515. The van der Waals surface area contributed by atoms with E-state index < -0.39 is 0 Å². The fourth-order valence-corrected chi connectivity index (χ4v) is 2.72. The van der Waals surface area contributed by atoms with Crippen molar-refractivity contribution in [1.82, 2.24) is 4.98 Å². The summed E-state index contributed by atoms with van der Waals surface area (Å²) in [6.45, 7) is 2.54. The second-order valence-electron chi connectivity index (χ2n) is 4.10. The molecule has 1 aromatic carbocycles. The number of aryl methyl sites for hydroxylation is 1. The Balaban J connectivity index is 2.25. The van der Waals surface area contributed by atoms with Gasteiger partial charge in [-0.15, -0.1) is 22.9 Å². The van der Waals surface area contributed by atoms with Crippen LogP contribution in [0.1, 0.15) is 16.3 Å². The summed E-state index contributed by atoms with van der Waals surface area (Å²) < 4.78 is 13.9. The van der Waals surface area contributed by atoms with Crippen LogP contribution >= 0.6 is 22.9 Å². The normalized spacial score (nSPS) is 10.7. The van der Waals surface area contributed by atoms with Crippen molar-refractivity contribution in [3.8, 4) is 0 Å². The lowest BCUT2D eigenvalue weighted by molar-refractivity contribution is 0.620. The molecule has 1 heterocycles. The molecule has 0 unspecified atom stereocenters. The summed E-state index contributed by atoms with van der Waals surface area (Å²) in [6, 6.07) is 4.97. The Kier molecular flexibility index (Phi) is 4.19. The third kappa shape index (κ3) is 2.82. The molecular formula is C13H14ClFN2S. The number of para-hydroxylation sites is 1. The lowest BCUT2D eigenvalue weighted by Crippen LogP contribution is -2.19. The van der Waals surface area contributed by atoms with E-state index in [2.05, 4.69) is 4.98 Å². The molecule has 0 fully saturated rings. The zero-order chi connectivity index (χ0) is 13.1. The first-order valence-electron chi connectivity index (χ1n) is 5.57. The van der Waals surface area contributed by atoms with Gasteiger partial charge in [0.2, 0.25) is 0 Å². The summed E-state index contributed by atoms with van der Waals surface area (Å²) in [4.78, 5) is 6.23. The first-order chi connectivity index (χ1) is 8.61. The number of benzene rings is 1. The molecule has 0 amide bonds. The molecule has 2 nitrogen and oxygen atoms in total. The van der Waals surface area contributed by atoms with Crippen molar-refractivity contribution in [3.63, 3.8) is 0 Å². The molecule has 1 aromatic heterocycles. The second-order valence-corrected chi connectivity index (χ2v) is 5.42. The van der Waals surface area contributed by atoms with E-state index in [0.717, 1.165) is 16.3 Å². The van der Waals surface area contributed by atoms with Gasteiger partial charge < -0.3 is 4.90 Å². The van der Waals surface area contributed by atoms with Gasteiger partial charge in [-0.25, -0.2) is 9.37 Å². The Morgan fingerprint density at radius 3 is 2.83 bits per heavy atom. The van der Waals surface area contributed by atoms with Crippen LogP contribution in [0.15, 0.2) is 23.6 Å². The Labute approximate surface area is 115 Å². The average Bonchev–Trinajstić information content (AvgIpc) is 2.74. The van der Waals surface area contributed by atoms with Gasteiger partial charge >= 0.3 is 0 Å². The van der Waals surface area contributed by atoms with Crippen LogP contribution in [0.2, 0.25) is 0 Å². The summed E-state index contributed by atoms with van der Waals surface area (Å²) in [7, 11) is 1.85. The molecule has 2 rings (SSSR count). The standard InChI is InChI=1S/C13H14ClFN2S/c1-9-16-11(8-18-9)7-17(2)13-10(6-14)4-3-5-12(13)15/h3-5,8H,6-7H2,1-2H3. The molecule has 0 atom stereocenters. The molecule has 2 aromatic rings. The van der Waals surface area contributed by atoms with E-state index in [9.17, 15) is 4.39 Å². The lowest BCUT2D eigenvalue weighted by atomic mass is 10.1. The smallest absolute Gasteiger partial charge is 0.146 e. The molecule has 0 N–H and O–H groups in total. The molecule has 0 bridgehead atoms. The molecule has 5 heteroatoms. The van der Waals surface area contributed by atoms with Gasteiger partial charge in [0, 0.05) is 18.3 Å². The van der Waals surface area contributed by atoms with E-state index in [0.29, 0.717) is 18.1 Å². The van der Waals surface area contributed by atoms with E-state index in [1.54, 1.807) is 17.4 Å². The highest BCUT2D eigenvalue weighted by molar-refractivity contribution is 7.09. The molecule has 0 saturated heterocycles. The van der Waals surface area contributed by atoms with Gasteiger partial charge in [0.05, 0.1) is 22.9 Å². The Hall–Kier alpha value is -1.13. The maximum atomic E-state index is 13.9. The van der Waals surface area contributed by atoms with Gasteiger partial charge in [-0.3, -0.25) is 0 Å². The second kappa shape index (κ2) is 5.67. The summed E-state index contributed by atoms with van der Waals surface area (Å²) in [5, 5.41) is 3.01. The third-order valence-corrected chi connectivity index (χ3v) is 3.77. The zero-order valence-corrected chi connectivity index (χ0v) is 11.9. The molecule has 0 aliphatic rings. The zero-order valence-electron chi connectivity index (χ0n) is 10.3. The highest BCUT2D eigenvalue weighted by Gasteiger charge is 2.13. The minimum absolute atomic E-state index is 0.248. The van der Waals surface area contributed by atoms with Crippen LogP contribution in [-0.4, -0.2) is 12.0 Å². The van der Waals surface area contributed by atoms with Crippen molar-refractivity contribution in [1.29, 1.82) is 0 Å². The number of thiazole rings is 1. The molecule has 0 aliphatic heterocycles. The fourth-order valence-electron chi connectivity index (χ4n) is 1.90. The highest BCUT2D eigenvalue weighted by Crippen LogP contribution is 2.26. The third-order valence-electron chi connectivity index (χ3n) is 2.66. The van der Waals surface area contributed by atoms with E-state index in [1.165, 1.54) is 6.07 Å². The van der Waals surface area contributed by atoms with Gasteiger partial charge in [-0.05, 0) is 18.6 Å². The van der Waals surface area contributed by atoms with Crippen LogP contribution < -0.4 is 4.90 Å². The molecule has 0 aliphatic carbocycles. The van der Waals surface area contributed by atoms with E-state index in [-0.39, 0.29) is 5.82 Å². The summed E-state index contributed by atoms with van der Waals surface area (Å²) in [5.41, 5.74) is 2.30. The van der Waals surface area contributed by atoms with Crippen molar-refractivity contribution in [2.24, 2.45) is 0 Å². The SMILES string of the molecule is Cc1nc(CN(C)c2c(F)cccc2CCl)cs1. The Morgan fingerprint density at radius 2 is 2.22 bits per heavy atom. The quantitative estimate of drug-likeness (QED) is 0.790. The van der Waals surface area contributed by atoms with Crippen LogP contribution in [-0.2, 0) is 12.4 Å². The highest BCUT2D eigenvalue weighted by atomic mass is 35.5. The fraction of sp³-hybridized carbons (Fsp3) is 0.308. The van der Waals surface area contributed by atoms with Crippen LogP contribution in [0.25, 0.3) is 0 Å². The predicted octanol–water partition coefficient (Wildman–Crippen LogP) is 3.97. The van der Waals surface area contributed by atoms with Crippen LogP contribution in [0.5, 0.6) is 0 Å².